The lowest BCUT2D eigenvalue weighted by molar-refractivity contribution is -0.142. The highest BCUT2D eigenvalue weighted by Crippen LogP contribution is 2.32. The molecule has 0 bridgehead atoms. The van der Waals surface area contributed by atoms with Gasteiger partial charge in [-0.3, -0.25) is 9.59 Å². The highest BCUT2D eigenvalue weighted by Gasteiger charge is 2.43. The van der Waals surface area contributed by atoms with Gasteiger partial charge in [-0.05, 0) is 18.6 Å². The third-order valence-electron chi connectivity index (χ3n) is 3.23. The summed E-state index contributed by atoms with van der Waals surface area (Å²) in [5.41, 5.74) is 0.785. The van der Waals surface area contributed by atoms with Gasteiger partial charge in [-0.2, -0.15) is 0 Å². The SMILES string of the molecule is CC[C@@H]1[C@@H](C(=O)O)CC(=O)N1c1ccccc1. The maximum atomic E-state index is 11.9. The fourth-order valence-corrected chi connectivity index (χ4v) is 2.43. The molecule has 90 valence electrons. The molecule has 0 spiro atoms. The van der Waals surface area contributed by atoms with Crippen molar-refractivity contribution in [2.75, 3.05) is 4.90 Å². The van der Waals surface area contributed by atoms with Crippen LogP contribution in [0.5, 0.6) is 0 Å². The molecule has 0 saturated carbocycles. The molecular weight excluding hydrogens is 218 g/mol. The molecule has 1 N–H and O–H groups in total. The van der Waals surface area contributed by atoms with Crippen molar-refractivity contribution >= 4 is 17.6 Å². The molecule has 1 heterocycles. The van der Waals surface area contributed by atoms with Gasteiger partial charge in [0.15, 0.2) is 0 Å². The van der Waals surface area contributed by atoms with Crippen molar-refractivity contribution in [2.45, 2.75) is 25.8 Å². The molecule has 17 heavy (non-hydrogen) atoms. The van der Waals surface area contributed by atoms with Crippen LogP contribution in [0.1, 0.15) is 19.8 Å². The zero-order chi connectivity index (χ0) is 12.4. The van der Waals surface area contributed by atoms with E-state index < -0.39 is 11.9 Å². The lowest BCUT2D eigenvalue weighted by atomic mass is 9.98. The first kappa shape index (κ1) is 11.6. The molecule has 1 amide bonds. The Morgan fingerprint density at radius 1 is 1.41 bits per heavy atom. The molecule has 4 nitrogen and oxygen atoms in total. The predicted molar refractivity (Wildman–Crippen MR) is 63.7 cm³/mol. The Balaban J connectivity index is 2.34. The Morgan fingerprint density at radius 2 is 2.06 bits per heavy atom. The molecule has 1 fully saturated rings. The van der Waals surface area contributed by atoms with Crippen molar-refractivity contribution in [2.24, 2.45) is 5.92 Å². The second kappa shape index (κ2) is 4.57. The quantitative estimate of drug-likeness (QED) is 0.867. The van der Waals surface area contributed by atoms with E-state index in [0.717, 1.165) is 5.69 Å². The zero-order valence-electron chi connectivity index (χ0n) is 9.67. The smallest absolute Gasteiger partial charge is 0.309 e. The molecular formula is C13H15NO3. The van der Waals surface area contributed by atoms with Gasteiger partial charge in [0.1, 0.15) is 0 Å². The van der Waals surface area contributed by atoms with Crippen molar-refractivity contribution in [1.82, 2.24) is 0 Å². The van der Waals surface area contributed by atoms with E-state index in [0.29, 0.717) is 6.42 Å². The van der Waals surface area contributed by atoms with Crippen molar-refractivity contribution in [3.63, 3.8) is 0 Å². The Kier molecular flexibility index (Phi) is 3.13. The highest BCUT2D eigenvalue weighted by molar-refractivity contribution is 6.00. The maximum absolute atomic E-state index is 11.9. The van der Waals surface area contributed by atoms with Crippen molar-refractivity contribution < 1.29 is 14.7 Å². The van der Waals surface area contributed by atoms with Gasteiger partial charge in [0.2, 0.25) is 5.91 Å². The van der Waals surface area contributed by atoms with Crippen LogP contribution < -0.4 is 4.90 Å². The number of carboxylic acid groups (broad SMARTS) is 1. The van der Waals surface area contributed by atoms with E-state index in [9.17, 15) is 9.59 Å². The van der Waals surface area contributed by atoms with Crippen LogP contribution in [0.2, 0.25) is 0 Å². The summed E-state index contributed by atoms with van der Waals surface area (Å²) in [4.78, 5) is 24.7. The Morgan fingerprint density at radius 3 is 2.59 bits per heavy atom. The standard InChI is InChI=1S/C13H15NO3/c1-2-11-10(13(16)17)8-12(15)14(11)9-6-4-3-5-7-9/h3-7,10-11H,2,8H2,1H3,(H,16,17)/t10-,11+/m0/s1. The van der Waals surface area contributed by atoms with Gasteiger partial charge in [-0.15, -0.1) is 0 Å². The Labute approximate surface area is 99.9 Å². The van der Waals surface area contributed by atoms with Gasteiger partial charge in [0.05, 0.1) is 12.0 Å². The van der Waals surface area contributed by atoms with Gasteiger partial charge in [0, 0.05) is 12.1 Å². The normalized spacial score (nSPS) is 24.1. The van der Waals surface area contributed by atoms with Crippen LogP contribution in [-0.2, 0) is 9.59 Å². The number of anilines is 1. The van der Waals surface area contributed by atoms with E-state index in [-0.39, 0.29) is 18.4 Å². The fourth-order valence-electron chi connectivity index (χ4n) is 2.43. The lowest BCUT2D eigenvalue weighted by Crippen LogP contribution is -2.36. The van der Waals surface area contributed by atoms with Crippen molar-refractivity contribution in [3.8, 4) is 0 Å². The highest BCUT2D eigenvalue weighted by atomic mass is 16.4. The number of hydrogen-bond acceptors (Lipinski definition) is 2. The molecule has 1 saturated heterocycles. The molecule has 0 aliphatic carbocycles. The fraction of sp³-hybridized carbons (Fsp3) is 0.385. The van der Waals surface area contributed by atoms with Crippen molar-refractivity contribution in [1.29, 1.82) is 0 Å². The van der Waals surface area contributed by atoms with Crippen LogP contribution in [0, 0.1) is 5.92 Å². The lowest BCUT2D eigenvalue weighted by Gasteiger charge is -2.25. The van der Waals surface area contributed by atoms with Gasteiger partial charge in [0.25, 0.3) is 0 Å². The topological polar surface area (TPSA) is 57.6 Å². The molecule has 0 unspecified atom stereocenters. The van der Waals surface area contributed by atoms with Gasteiger partial charge >= 0.3 is 5.97 Å². The summed E-state index contributed by atoms with van der Waals surface area (Å²) in [5.74, 6) is -1.58. The zero-order valence-corrected chi connectivity index (χ0v) is 9.67. The van der Waals surface area contributed by atoms with Crippen LogP contribution in [0.15, 0.2) is 30.3 Å². The number of amides is 1. The van der Waals surface area contributed by atoms with Crippen LogP contribution in [0.25, 0.3) is 0 Å². The minimum Gasteiger partial charge on any atom is -0.481 e. The number of rotatable bonds is 3. The molecule has 2 rings (SSSR count). The molecule has 0 radical (unpaired) electrons. The monoisotopic (exact) mass is 233 g/mol. The second-order valence-corrected chi connectivity index (χ2v) is 4.22. The van der Waals surface area contributed by atoms with E-state index in [1.165, 1.54) is 0 Å². The summed E-state index contributed by atoms with van der Waals surface area (Å²) in [6.07, 6.45) is 0.750. The Bertz CT molecular complexity index is 430. The number of benzene rings is 1. The first-order valence-corrected chi connectivity index (χ1v) is 5.75. The number of para-hydroxylation sites is 1. The van der Waals surface area contributed by atoms with E-state index in [1.54, 1.807) is 4.90 Å². The summed E-state index contributed by atoms with van der Waals surface area (Å²) in [5, 5.41) is 9.12. The number of nitrogens with zero attached hydrogens (tertiary/aromatic N) is 1. The van der Waals surface area contributed by atoms with E-state index in [1.807, 2.05) is 37.3 Å². The van der Waals surface area contributed by atoms with Crippen LogP contribution in [0.4, 0.5) is 5.69 Å². The average molecular weight is 233 g/mol. The number of aliphatic carboxylic acids is 1. The molecule has 1 aliphatic heterocycles. The maximum Gasteiger partial charge on any atom is 0.309 e. The van der Waals surface area contributed by atoms with Crippen LogP contribution in [0.3, 0.4) is 0 Å². The minimum absolute atomic E-state index is 0.0999. The molecule has 1 aromatic carbocycles. The first-order valence-electron chi connectivity index (χ1n) is 5.75. The molecule has 0 aromatic heterocycles. The summed E-state index contributed by atoms with van der Waals surface area (Å²) in [6, 6.07) is 9.02. The minimum atomic E-state index is -0.886. The molecule has 1 aliphatic rings. The Hall–Kier alpha value is -1.84. The average Bonchev–Trinajstić information content (AvgIpc) is 2.67. The third kappa shape index (κ3) is 2.02. The van der Waals surface area contributed by atoms with E-state index >= 15 is 0 Å². The van der Waals surface area contributed by atoms with Crippen molar-refractivity contribution in [3.05, 3.63) is 30.3 Å². The van der Waals surface area contributed by atoms with E-state index in [2.05, 4.69) is 0 Å². The molecule has 4 heteroatoms. The predicted octanol–water partition coefficient (Wildman–Crippen LogP) is 1.90. The summed E-state index contributed by atoms with van der Waals surface area (Å²) in [7, 11) is 0. The van der Waals surface area contributed by atoms with E-state index in [4.69, 9.17) is 5.11 Å². The van der Waals surface area contributed by atoms with Gasteiger partial charge in [-0.1, -0.05) is 25.1 Å². The number of carbonyl (C=O) groups is 2. The number of hydrogen-bond donors (Lipinski definition) is 1. The number of carboxylic acids is 1. The van der Waals surface area contributed by atoms with Crippen LogP contribution >= 0.6 is 0 Å². The molecule has 1 aromatic rings. The largest absolute Gasteiger partial charge is 0.481 e. The van der Waals surface area contributed by atoms with Gasteiger partial charge in [-0.25, -0.2) is 0 Å². The van der Waals surface area contributed by atoms with Gasteiger partial charge < -0.3 is 10.0 Å². The summed E-state index contributed by atoms with van der Waals surface area (Å²) >= 11 is 0. The first-order chi connectivity index (χ1) is 8.15. The third-order valence-corrected chi connectivity index (χ3v) is 3.23. The van der Waals surface area contributed by atoms with Crippen LogP contribution in [-0.4, -0.2) is 23.0 Å². The summed E-state index contributed by atoms with van der Waals surface area (Å²) in [6.45, 7) is 1.91. The second-order valence-electron chi connectivity index (χ2n) is 4.22. The summed E-state index contributed by atoms with van der Waals surface area (Å²) < 4.78 is 0. The molecule has 2 atom stereocenters. The number of carbonyl (C=O) groups excluding carboxylic acids is 1.